The number of nitrogens with two attached hydrogens (primary N) is 1. The number of rotatable bonds is 6. The molecule has 1 aliphatic heterocycles. The number of carbonyl (C=O) groups excluding carboxylic acids is 1. The van der Waals surface area contributed by atoms with Gasteiger partial charge in [-0.3, -0.25) is 9.69 Å². The van der Waals surface area contributed by atoms with E-state index in [1.807, 2.05) is 42.1 Å². The van der Waals surface area contributed by atoms with E-state index in [9.17, 15) is 4.79 Å². The first-order valence-corrected chi connectivity index (χ1v) is 8.29. The molecule has 4 nitrogen and oxygen atoms in total. The number of amides is 1. The number of nitrogens with one attached hydrogen (secondary N) is 1. The van der Waals surface area contributed by atoms with Crippen LogP contribution in [0.25, 0.3) is 0 Å². The highest BCUT2D eigenvalue weighted by molar-refractivity contribution is 7.99. The zero-order valence-corrected chi connectivity index (χ0v) is 15.0. The lowest BCUT2D eigenvalue weighted by Gasteiger charge is -2.26. The number of benzene rings is 1. The monoisotopic (exact) mass is 365 g/mol. The fourth-order valence-electron chi connectivity index (χ4n) is 2.37. The Morgan fingerprint density at radius 1 is 1.23 bits per heavy atom. The van der Waals surface area contributed by atoms with Crippen LogP contribution >= 0.6 is 36.6 Å². The highest BCUT2D eigenvalue weighted by Crippen LogP contribution is 2.14. The van der Waals surface area contributed by atoms with E-state index in [2.05, 4.69) is 10.2 Å². The summed E-state index contributed by atoms with van der Waals surface area (Å²) in [6.07, 6.45) is 0. The number of halogens is 2. The minimum Gasteiger partial charge on any atom is -0.354 e. The molecule has 2 rings (SSSR count). The third-order valence-corrected chi connectivity index (χ3v) is 4.53. The molecule has 0 aliphatic carbocycles. The van der Waals surface area contributed by atoms with Crippen molar-refractivity contribution in [3.8, 4) is 0 Å². The summed E-state index contributed by atoms with van der Waals surface area (Å²) in [4.78, 5) is 14.6. The molecule has 1 unspecified atom stereocenters. The summed E-state index contributed by atoms with van der Waals surface area (Å²) in [5.74, 6) is 2.19. The summed E-state index contributed by atoms with van der Waals surface area (Å²) in [7, 11) is 0. The summed E-state index contributed by atoms with van der Waals surface area (Å²) in [5, 5.41) is 3.01. The van der Waals surface area contributed by atoms with E-state index in [0.29, 0.717) is 13.1 Å². The average molecular weight is 366 g/mol. The third-order valence-electron chi connectivity index (χ3n) is 3.59. The molecule has 1 saturated heterocycles. The molecule has 3 N–H and O–H groups in total. The van der Waals surface area contributed by atoms with Crippen molar-refractivity contribution in [2.24, 2.45) is 5.73 Å². The van der Waals surface area contributed by atoms with Gasteiger partial charge in [-0.15, -0.1) is 24.8 Å². The standard InChI is InChI=1S/C15H23N3OS.2ClH/c16-12-14(13-4-2-1-3-5-13)15(19)17-6-7-18-8-10-20-11-9-18;;/h1-5,14H,6-12,16H2,(H,17,19);2*1H. The van der Waals surface area contributed by atoms with Gasteiger partial charge in [0.2, 0.25) is 5.91 Å². The van der Waals surface area contributed by atoms with Gasteiger partial charge in [-0.25, -0.2) is 0 Å². The van der Waals surface area contributed by atoms with E-state index in [1.165, 1.54) is 11.5 Å². The first kappa shape index (κ1) is 21.5. The Morgan fingerprint density at radius 2 is 1.86 bits per heavy atom. The van der Waals surface area contributed by atoms with Gasteiger partial charge >= 0.3 is 0 Å². The van der Waals surface area contributed by atoms with Gasteiger partial charge in [0.05, 0.1) is 5.92 Å². The second-order valence-electron chi connectivity index (χ2n) is 4.94. The Kier molecular flexibility index (Phi) is 11.8. The summed E-state index contributed by atoms with van der Waals surface area (Å²) in [6.45, 7) is 4.22. The molecule has 126 valence electrons. The van der Waals surface area contributed by atoms with Crippen LogP contribution in [0.15, 0.2) is 30.3 Å². The zero-order chi connectivity index (χ0) is 14.2. The lowest BCUT2D eigenvalue weighted by atomic mass is 9.98. The minimum absolute atomic E-state index is 0. The Morgan fingerprint density at radius 3 is 2.45 bits per heavy atom. The van der Waals surface area contributed by atoms with Gasteiger partial charge in [0.1, 0.15) is 0 Å². The molecule has 0 saturated carbocycles. The molecule has 0 spiro atoms. The molecule has 1 heterocycles. The van der Waals surface area contributed by atoms with Crippen molar-refractivity contribution in [3.63, 3.8) is 0 Å². The van der Waals surface area contributed by atoms with E-state index in [0.717, 1.165) is 25.2 Å². The van der Waals surface area contributed by atoms with E-state index < -0.39 is 0 Å². The second kappa shape index (κ2) is 12.0. The predicted octanol–water partition coefficient (Wildman–Crippen LogP) is 1.74. The van der Waals surface area contributed by atoms with Crippen LogP contribution in [0.1, 0.15) is 11.5 Å². The summed E-state index contributed by atoms with van der Waals surface area (Å²) >= 11 is 2.00. The van der Waals surface area contributed by atoms with E-state index in [1.54, 1.807) is 0 Å². The number of carbonyl (C=O) groups is 1. The number of hydrogen-bond acceptors (Lipinski definition) is 4. The second-order valence-corrected chi connectivity index (χ2v) is 6.17. The Hall–Kier alpha value is -0.460. The van der Waals surface area contributed by atoms with Crippen molar-refractivity contribution >= 4 is 42.5 Å². The maximum atomic E-state index is 12.2. The molecule has 1 fully saturated rings. The van der Waals surface area contributed by atoms with Gasteiger partial charge in [0, 0.05) is 44.2 Å². The van der Waals surface area contributed by atoms with Crippen molar-refractivity contribution in [2.45, 2.75) is 5.92 Å². The first-order chi connectivity index (χ1) is 9.81. The maximum absolute atomic E-state index is 12.2. The molecule has 1 atom stereocenters. The fourth-order valence-corrected chi connectivity index (χ4v) is 3.34. The highest BCUT2D eigenvalue weighted by atomic mass is 35.5. The molecule has 0 aromatic heterocycles. The van der Waals surface area contributed by atoms with Crippen LogP contribution in [-0.2, 0) is 4.79 Å². The molecule has 7 heteroatoms. The minimum atomic E-state index is -0.242. The predicted molar refractivity (Wildman–Crippen MR) is 99.5 cm³/mol. The smallest absolute Gasteiger partial charge is 0.228 e. The molecule has 0 radical (unpaired) electrons. The lowest BCUT2D eigenvalue weighted by molar-refractivity contribution is -0.122. The van der Waals surface area contributed by atoms with E-state index in [4.69, 9.17) is 5.73 Å². The van der Waals surface area contributed by atoms with E-state index >= 15 is 0 Å². The Balaban J connectivity index is 0.00000220. The SMILES string of the molecule is Cl.Cl.NCC(C(=O)NCCN1CCSCC1)c1ccccc1. The van der Waals surface area contributed by atoms with Crippen LogP contribution in [0.5, 0.6) is 0 Å². The van der Waals surface area contributed by atoms with Crippen LogP contribution in [0.3, 0.4) is 0 Å². The molecule has 1 aromatic rings. The molecular formula is C15H25Cl2N3OS. The molecular weight excluding hydrogens is 341 g/mol. The summed E-state index contributed by atoms with van der Waals surface area (Å²) in [6, 6.07) is 9.74. The van der Waals surface area contributed by atoms with Gasteiger partial charge in [0.15, 0.2) is 0 Å². The van der Waals surface area contributed by atoms with Crippen molar-refractivity contribution in [1.29, 1.82) is 0 Å². The topological polar surface area (TPSA) is 58.4 Å². The van der Waals surface area contributed by atoms with E-state index in [-0.39, 0.29) is 36.6 Å². The van der Waals surface area contributed by atoms with Gasteiger partial charge in [0.25, 0.3) is 0 Å². The molecule has 0 bridgehead atoms. The Labute approximate surface area is 149 Å². The van der Waals surface area contributed by atoms with Gasteiger partial charge in [-0.1, -0.05) is 30.3 Å². The third kappa shape index (κ3) is 6.75. The molecule has 1 aliphatic rings. The van der Waals surface area contributed by atoms with Gasteiger partial charge < -0.3 is 11.1 Å². The molecule has 1 aromatic carbocycles. The van der Waals surface area contributed by atoms with Crippen LogP contribution < -0.4 is 11.1 Å². The molecule has 1 amide bonds. The van der Waals surface area contributed by atoms with Crippen molar-refractivity contribution in [1.82, 2.24) is 10.2 Å². The van der Waals surface area contributed by atoms with Crippen LogP contribution in [0.4, 0.5) is 0 Å². The van der Waals surface area contributed by atoms with Crippen molar-refractivity contribution in [3.05, 3.63) is 35.9 Å². The van der Waals surface area contributed by atoms with Gasteiger partial charge in [-0.2, -0.15) is 11.8 Å². The summed E-state index contributed by atoms with van der Waals surface area (Å²) < 4.78 is 0. The first-order valence-electron chi connectivity index (χ1n) is 7.14. The quantitative estimate of drug-likeness (QED) is 0.805. The van der Waals surface area contributed by atoms with Crippen LogP contribution in [0, 0.1) is 0 Å². The number of nitrogens with zero attached hydrogens (tertiary/aromatic N) is 1. The van der Waals surface area contributed by atoms with Crippen LogP contribution in [0.2, 0.25) is 0 Å². The highest BCUT2D eigenvalue weighted by Gasteiger charge is 2.18. The molecule has 22 heavy (non-hydrogen) atoms. The van der Waals surface area contributed by atoms with Crippen molar-refractivity contribution < 1.29 is 4.79 Å². The van der Waals surface area contributed by atoms with Crippen LogP contribution in [-0.4, -0.2) is 55.0 Å². The normalized spacial score (nSPS) is 16.0. The Bertz CT molecular complexity index is 417. The van der Waals surface area contributed by atoms with Crippen molar-refractivity contribution in [2.75, 3.05) is 44.2 Å². The maximum Gasteiger partial charge on any atom is 0.228 e. The average Bonchev–Trinajstić information content (AvgIpc) is 2.50. The fraction of sp³-hybridized carbons (Fsp3) is 0.533. The zero-order valence-electron chi connectivity index (χ0n) is 12.6. The number of thioether (sulfide) groups is 1. The number of hydrogen-bond donors (Lipinski definition) is 2. The van der Waals surface area contributed by atoms with Gasteiger partial charge in [-0.05, 0) is 5.56 Å². The largest absolute Gasteiger partial charge is 0.354 e. The lowest BCUT2D eigenvalue weighted by Crippen LogP contribution is -2.41. The summed E-state index contributed by atoms with van der Waals surface area (Å²) in [5.41, 5.74) is 6.73.